The Morgan fingerprint density at radius 1 is 0.920 bits per heavy atom. The Hall–Kier alpha value is -2.52. The molecule has 0 fully saturated rings. The molecule has 0 spiro atoms. The van der Waals surface area contributed by atoms with E-state index in [4.69, 9.17) is 0 Å². The number of aromatic amines is 1. The number of fused-ring (bicyclic) bond motifs is 2. The highest BCUT2D eigenvalue weighted by Crippen LogP contribution is 2.44. The van der Waals surface area contributed by atoms with Crippen LogP contribution in [-0.2, 0) is 0 Å². The first kappa shape index (κ1) is 14.8. The highest BCUT2D eigenvalue weighted by molar-refractivity contribution is 9.10. The number of halogens is 1. The molecule has 3 heteroatoms. The minimum absolute atomic E-state index is 0.118. The second-order valence-electron chi connectivity index (χ2n) is 6.65. The molecule has 122 valence electrons. The molecule has 2 N–H and O–H groups in total. The van der Waals surface area contributed by atoms with Gasteiger partial charge in [0.05, 0.1) is 6.04 Å². The fourth-order valence-electron chi connectivity index (χ4n) is 3.82. The van der Waals surface area contributed by atoms with Gasteiger partial charge in [-0.3, -0.25) is 0 Å². The lowest BCUT2D eigenvalue weighted by atomic mass is 9.95. The zero-order valence-corrected chi connectivity index (χ0v) is 15.4. The van der Waals surface area contributed by atoms with Crippen LogP contribution in [0, 0.1) is 6.92 Å². The van der Waals surface area contributed by atoms with Gasteiger partial charge >= 0.3 is 0 Å². The third-order valence-electron chi connectivity index (χ3n) is 5.02. The number of aryl methyl sites for hydroxylation is 1. The van der Waals surface area contributed by atoms with E-state index in [9.17, 15) is 0 Å². The van der Waals surface area contributed by atoms with Crippen LogP contribution in [0.15, 0.2) is 71.3 Å². The fourth-order valence-corrected chi connectivity index (χ4v) is 4.09. The quantitative estimate of drug-likeness (QED) is 0.386. The number of anilines is 1. The number of rotatable bonds is 1. The molecule has 5 rings (SSSR count). The van der Waals surface area contributed by atoms with Crippen molar-refractivity contribution in [3.8, 4) is 11.1 Å². The van der Waals surface area contributed by atoms with E-state index in [1.54, 1.807) is 0 Å². The Bertz CT molecular complexity index is 1090. The zero-order valence-electron chi connectivity index (χ0n) is 13.8. The van der Waals surface area contributed by atoms with Crippen LogP contribution in [0.4, 0.5) is 5.69 Å². The molecule has 0 amide bonds. The minimum atomic E-state index is 0.118. The third-order valence-corrected chi connectivity index (χ3v) is 5.54. The summed E-state index contributed by atoms with van der Waals surface area (Å²) in [5.74, 6) is 0. The van der Waals surface area contributed by atoms with Gasteiger partial charge in [-0.2, -0.15) is 0 Å². The summed E-state index contributed by atoms with van der Waals surface area (Å²) >= 11 is 3.54. The summed E-state index contributed by atoms with van der Waals surface area (Å²) in [5.41, 5.74) is 8.75. The van der Waals surface area contributed by atoms with Crippen LogP contribution >= 0.6 is 15.9 Å². The van der Waals surface area contributed by atoms with E-state index >= 15 is 0 Å². The molecule has 2 heterocycles. The molecule has 1 aliphatic heterocycles. The van der Waals surface area contributed by atoms with Gasteiger partial charge in [-0.05, 0) is 48.4 Å². The van der Waals surface area contributed by atoms with Crippen molar-refractivity contribution in [1.29, 1.82) is 0 Å². The molecule has 0 saturated carbocycles. The van der Waals surface area contributed by atoms with Crippen molar-refractivity contribution in [2.75, 3.05) is 5.32 Å². The first-order chi connectivity index (χ1) is 12.2. The predicted molar refractivity (Wildman–Crippen MR) is 108 cm³/mol. The Morgan fingerprint density at radius 2 is 1.76 bits per heavy atom. The van der Waals surface area contributed by atoms with Crippen molar-refractivity contribution < 1.29 is 0 Å². The largest absolute Gasteiger partial charge is 0.374 e. The molecule has 3 aromatic carbocycles. The summed E-state index contributed by atoms with van der Waals surface area (Å²) < 4.78 is 1.10. The van der Waals surface area contributed by atoms with E-state index in [2.05, 4.69) is 100 Å². The van der Waals surface area contributed by atoms with Crippen LogP contribution in [0.25, 0.3) is 22.0 Å². The number of hydrogen-bond donors (Lipinski definition) is 2. The number of hydrogen-bond acceptors (Lipinski definition) is 1. The molecular weight excluding hydrogens is 372 g/mol. The van der Waals surface area contributed by atoms with Crippen molar-refractivity contribution in [1.82, 2.24) is 4.98 Å². The Labute approximate surface area is 155 Å². The number of nitrogens with one attached hydrogen (secondary N) is 2. The topological polar surface area (TPSA) is 27.8 Å². The highest BCUT2D eigenvalue weighted by Gasteiger charge is 2.25. The van der Waals surface area contributed by atoms with Gasteiger partial charge in [0.2, 0.25) is 0 Å². The summed E-state index contributed by atoms with van der Waals surface area (Å²) in [5, 5.41) is 5.09. The Balaban J connectivity index is 1.83. The average molecular weight is 389 g/mol. The fraction of sp³-hybridized carbons (Fsp3) is 0.0909. The minimum Gasteiger partial charge on any atom is -0.374 e. The monoisotopic (exact) mass is 388 g/mol. The summed E-state index contributed by atoms with van der Waals surface area (Å²) in [7, 11) is 0. The average Bonchev–Trinajstić information content (AvgIpc) is 2.99. The summed E-state index contributed by atoms with van der Waals surface area (Å²) in [6.07, 6.45) is 2.15. The first-order valence-electron chi connectivity index (χ1n) is 8.44. The van der Waals surface area contributed by atoms with Crippen LogP contribution in [0.3, 0.4) is 0 Å². The smallest absolute Gasteiger partial charge is 0.0788 e. The van der Waals surface area contributed by atoms with Gasteiger partial charge in [0.15, 0.2) is 0 Å². The molecule has 1 aromatic heterocycles. The maximum atomic E-state index is 3.78. The van der Waals surface area contributed by atoms with Gasteiger partial charge in [0.1, 0.15) is 0 Å². The Morgan fingerprint density at radius 3 is 2.60 bits per heavy atom. The van der Waals surface area contributed by atoms with E-state index in [-0.39, 0.29) is 6.04 Å². The van der Waals surface area contributed by atoms with Crippen molar-refractivity contribution in [3.05, 3.63) is 88.0 Å². The van der Waals surface area contributed by atoms with Crippen LogP contribution in [0.5, 0.6) is 0 Å². The summed E-state index contributed by atoms with van der Waals surface area (Å²) in [4.78, 5) is 3.45. The maximum Gasteiger partial charge on any atom is 0.0788 e. The second kappa shape index (κ2) is 5.50. The molecule has 1 atom stereocenters. The molecule has 0 aliphatic carbocycles. The van der Waals surface area contributed by atoms with Crippen LogP contribution in [-0.4, -0.2) is 4.98 Å². The van der Waals surface area contributed by atoms with E-state index in [0.29, 0.717) is 0 Å². The predicted octanol–water partition coefficient (Wildman–Crippen LogP) is 6.42. The van der Waals surface area contributed by atoms with Gasteiger partial charge in [-0.25, -0.2) is 0 Å². The van der Waals surface area contributed by atoms with Gasteiger partial charge < -0.3 is 10.3 Å². The number of H-pyrrole nitrogens is 1. The molecule has 0 saturated heterocycles. The standard InChI is InChI=1S/C22H17BrN2/c1-13-5-10-19-17(11-13)16-3-2-4-20-21(16)18(12-24-20)22(25-19)14-6-8-15(23)9-7-14/h2-12,22,24-25H,1H3. The van der Waals surface area contributed by atoms with E-state index in [0.717, 1.165) is 4.47 Å². The SMILES string of the molecule is Cc1ccc2c(c1)-c1cccc3[nH]cc(c13)C(c1ccc(Br)cc1)N2. The first-order valence-corrected chi connectivity index (χ1v) is 9.23. The van der Waals surface area contributed by atoms with Crippen molar-refractivity contribution in [2.45, 2.75) is 13.0 Å². The summed E-state index contributed by atoms with van der Waals surface area (Å²) in [6.45, 7) is 2.15. The van der Waals surface area contributed by atoms with Crippen LogP contribution < -0.4 is 5.32 Å². The molecular formula is C22H17BrN2. The lowest BCUT2D eigenvalue weighted by Crippen LogP contribution is -2.11. The van der Waals surface area contributed by atoms with E-state index in [1.807, 2.05) is 0 Å². The molecule has 1 aliphatic rings. The molecule has 2 nitrogen and oxygen atoms in total. The van der Waals surface area contributed by atoms with Crippen molar-refractivity contribution >= 4 is 32.5 Å². The van der Waals surface area contributed by atoms with Gasteiger partial charge in [-0.1, -0.05) is 51.8 Å². The van der Waals surface area contributed by atoms with Crippen molar-refractivity contribution in [2.24, 2.45) is 0 Å². The number of aromatic nitrogens is 1. The zero-order chi connectivity index (χ0) is 17.0. The summed E-state index contributed by atoms with van der Waals surface area (Å²) in [6, 6.07) is 21.9. The highest BCUT2D eigenvalue weighted by atomic mass is 79.9. The number of benzene rings is 3. The normalized spacial score (nSPS) is 15.5. The van der Waals surface area contributed by atoms with E-state index in [1.165, 1.54) is 44.4 Å². The molecule has 0 radical (unpaired) electrons. The lowest BCUT2D eigenvalue weighted by molar-refractivity contribution is 0.952. The molecule has 0 bridgehead atoms. The lowest BCUT2D eigenvalue weighted by Gasteiger charge is -2.20. The van der Waals surface area contributed by atoms with Gasteiger partial charge in [0, 0.05) is 38.4 Å². The van der Waals surface area contributed by atoms with E-state index < -0.39 is 0 Å². The van der Waals surface area contributed by atoms with Gasteiger partial charge in [-0.15, -0.1) is 0 Å². The third kappa shape index (κ3) is 2.30. The second-order valence-corrected chi connectivity index (χ2v) is 7.57. The van der Waals surface area contributed by atoms with Crippen LogP contribution in [0.2, 0.25) is 0 Å². The molecule has 4 aromatic rings. The van der Waals surface area contributed by atoms with Crippen molar-refractivity contribution in [3.63, 3.8) is 0 Å². The molecule has 1 unspecified atom stereocenters. The van der Waals surface area contributed by atoms with Crippen LogP contribution in [0.1, 0.15) is 22.7 Å². The van der Waals surface area contributed by atoms with Gasteiger partial charge in [0.25, 0.3) is 0 Å². The molecule has 25 heavy (non-hydrogen) atoms. The Kier molecular flexibility index (Phi) is 3.25. The maximum absolute atomic E-state index is 3.78.